The lowest BCUT2D eigenvalue weighted by atomic mass is 9.74. The predicted octanol–water partition coefficient (Wildman–Crippen LogP) is 4.94. The molecule has 0 aromatic heterocycles. The lowest BCUT2D eigenvalue weighted by molar-refractivity contribution is 0.200. The summed E-state index contributed by atoms with van der Waals surface area (Å²) in [6, 6.07) is 6.04. The molecule has 0 radical (unpaired) electrons. The lowest BCUT2D eigenvalue weighted by Gasteiger charge is -2.36. The highest BCUT2D eigenvalue weighted by molar-refractivity contribution is 9.10. The summed E-state index contributed by atoms with van der Waals surface area (Å²) in [5.74, 6) is 1.37. The Hall–Kier alpha value is -0.410. The van der Waals surface area contributed by atoms with Crippen molar-refractivity contribution in [2.75, 3.05) is 7.05 Å². The molecule has 1 N–H and O–H groups in total. The number of benzene rings is 1. The summed E-state index contributed by atoms with van der Waals surface area (Å²) in [6.45, 7) is 2.27. The van der Waals surface area contributed by atoms with E-state index in [0.29, 0.717) is 16.4 Å². The van der Waals surface area contributed by atoms with Gasteiger partial charge in [-0.25, -0.2) is 4.39 Å². The third-order valence-corrected chi connectivity index (χ3v) is 5.25. The number of hydrogen-bond donors (Lipinski definition) is 1. The highest BCUT2D eigenvalue weighted by atomic mass is 79.9. The van der Waals surface area contributed by atoms with Crippen molar-refractivity contribution in [3.8, 4) is 0 Å². The molecule has 3 heteroatoms. The summed E-state index contributed by atoms with van der Waals surface area (Å²) in [5.41, 5.74) is 1.24. The van der Waals surface area contributed by atoms with Gasteiger partial charge in [0, 0.05) is 6.04 Å². The van der Waals surface area contributed by atoms with Gasteiger partial charge in [-0.3, -0.25) is 0 Å². The second-order valence-electron chi connectivity index (χ2n) is 6.08. The number of halogens is 2. The van der Waals surface area contributed by atoms with Gasteiger partial charge in [0.05, 0.1) is 4.47 Å². The smallest absolute Gasteiger partial charge is 0.137 e. The van der Waals surface area contributed by atoms with Crippen LogP contribution < -0.4 is 5.32 Å². The van der Waals surface area contributed by atoms with Gasteiger partial charge in [0.15, 0.2) is 0 Å². The Bertz CT molecular complexity index is 435. The van der Waals surface area contributed by atoms with Crippen LogP contribution in [0.4, 0.5) is 4.39 Å². The van der Waals surface area contributed by atoms with Crippen LogP contribution in [0.1, 0.15) is 44.6 Å². The van der Waals surface area contributed by atoms with E-state index in [4.69, 9.17) is 0 Å². The second kappa shape index (κ2) is 7.56. The molecule has 0 bridgehead atoms. The summed E-state index contributed by atoms with van der Waals surface area (Å²) >= 11 is 3.29. The third-order valence-electron chi connectivity index (χ3n) is 4.64. The van der Waals surface area contributed by atoms with Gasteiger partial charge in [0.2, 0.25) is 0 Å². The van der Waals surface area contributed by atoms with Crippen molar-refractivity contribution >= 4 is 15.9 Å². The topological polar surface area (TPSA) is 12.0 Å². The van der Waals surface area contributed by atoms with E-state index in [1.807, 2.05) is 12.1 Å². The monoisotopic (exact) mass is 341 g/mol. The van der Waals surface area contributed by atoms with Crippen LogP contribution in [0.3, 0.4) is 0 Å². The van der Waals surface area contributed by atoms with Gasteiger partial charge < -0.3 is 5.32 Å². The highest BCUT2D eigenvalue weighted by Gasteiger charge is 2.29. The van der Waals surface area contributed by atoms with Crippen LogP contribution in [0, 0.1) is 17.7 Å². The van der Waals surface area contributed by atoms with Crippen LogP contribution in [0.2, 0.25) is 0 Å². The van der Waals surface area contributed by atoms with Crippen LogP contribution in [0.15, 0.2) is 22.7 Å². The SMILES string of the molecule is CCCC1CCC(NC)C(Cc2ccc(F)c(Br)c2)C1. The Morgan fingerprint density at radius 2 is 2.15 bits per heavy atom. The number of nitrogens with one attached hydrogen (secondary N) is 1. The van der Waals surface area contributed by atoms with Crippen molar-refractivity contribution in [2.45, 2.75) is 51.5 Å². The first-order valence-corrected chi connectivity index (χ1v) is 8.54. The average Bonchev–Trinajstić information content (AvgIpc) is 2.44. The van der Waals surface area contributed by atoms with Gasteiger partial charge in [-0.15, -0.1) is 0 Å². The summed E-state index contributed by atoms with van der Waals surface area (Å²) < 4.78 is 13.9. The third kappa shape index (κ3) is 4.05. The molecule has 1 aliphatic rings. The van der Waals surface area contributed by atoms with Gasteiger partial charge in [-0.05, 0) is 78.2 Å². The first-order valence-electron chi connectivity index (χ1n) is 7.75. The Morgan fingerprint density at radius 1 is 1.35 bits per heavy atom. The fourth-order valence-electron chi connectivity index (χ4n) is 3.61. The van der Waals surface area contributed by atoms with E-state index in [1.54, 1.807) is 6.07 Å². The van der Waals surface area contributed by atoms with E-state index >= 15 is 0 Å². The zero-order chi connectivity index (χ0) is 14.5. The zero-order valence-corrected chi connectivity index (χ0v) is 14.0. The lowest BCUT2D eigenvalue weighted by Crippen LogP contribution is -2.39. The van der Waals surface area contributed by atoms with Crippen molar-refractivity contribution in [1.82, 2.24) is 5.32 Å². The van der Waals surface area contributed by atoms with Crippen LogP contribution >= 0.6 is 15.9 Å². The fourth-order valence-corrected chi connectivity index (χ4v) is 4.03. The van der Waals surface area contributed by atoms with Gasteiger partial charge in [-0.2, -0.15) is 0 Å². The number of rotatable bonds is 5. The molecule has 0 spiro atoms. The minimum absolute atomic E-state index is 0.175. The molecule has 1 aliphatic carbocycles. The van der Waals surface area contributed by atoms with Gasteiger partial charge in [0.25, 0.3) is 0 Å². The van der Waals surface area contributed by atoms with Gasteiger partial charge >= 0.3 is 0 Å². The van der Waals surface area contributed by atoms with Crippen LogP contribution in [-0.2, 0) is 6.42 Å². The second-order valence-corrected chi connectivity index (χ2v) is 6.93. The minimum Gasteiger partial charge on any atom is -0.317 e. The first kappa shape index (κ1) is 16.0. The maximum Gasteiger partial charge on any atom is 0.137 e. The molecular weight excluding hydrogens is 317 g/mol. The van der Waals surface area contributed by atoms with E-state index in [0.717, 1.165) is 12.3 Å². The standard InChI is InChI=1S/C17H25BrFN/c1-3-4-12-6-8-17(20-2)14(9-12)10-13-5-7-16(19)15(18)11-13/h5,7,11-12,14,17,20H,3-4,6,8-10H2,1-2H3. The molecule has 0 amide bonds. The van der Waals surface area contributed by atoms with Crippen LogP contribution in [-0.4, -0.2) is 13.1 Å². The number of hydrogen-bond acceptors (Lipinski definition) is 1. The normalized spacial score (nSPS) is 26.7. The predicted molar refractivity (Wildman–Crippen MR) is 86.4 cm³/mol. The van der Waals surface area contributed by atoms with Gasteiger partial charge in [-0.1, -0.05) is 25.8 Å². The Balaban J connectivity index is 2.04. The molecule has 3 unspecified atom stereocenters. The van der Waals surface area contributed by atoms with Crippen LogP contribution in [0.5, 0.6) is 0 Å². The van der Waals surface area contributed by atoms with E-state index in [-0.39, 0.29) is 5.82 Å². The van der Waals surface area contributed by atoms with E-state index in [9.17, 15) is 4.39 Å². The largest absolute Gasteiger partial charge is 0.317 e. The van der Waals surface area contributed by atoms with Crippen molar-refractivity contribution < 1.29 is 4.39 Å². The van der Waals surface area contributed by atoms with E-state index < -0.39 is 0 Å². The van der Waals surface area contributed by atoms with Crippen LogP contribution in [0.25, 0.3) is 0 Å². The Morgan fingerprint density at radius 3 is 2.80 bits per heavy atom. The Kier molecular flexibility index (Phi) is 6.03. The van der Waals surface area contributed by atoms with Crippen molar-refractivity contribution in [3.05, 3.63) is 34.1 Å². The Labute approximate surface area is 130 Å². The molecule has 1 aromatic rings. The minimum atomic E-state index is -0.175. The van der Waals surface area contributed by atoms with E-state index in [1.165, 1.54) is 37.7 Å². The fraction of sp³-hybridized carbons (Fsp3) is 0.647. The average molecular weight is 342 g/mol. The maximum atomic E-state index is 13.3. The summed E-state index contributed by atoms with van der Waals surface area (Å²) in [6.07, 6.45) is 7.60. The molecule has 2 rings (SSSR count). The maximum absolute atomic E-state index is 13.3. The van der Waals surface area contributed by atoms with E-state index in [2.05, 4.69) is 35.2 Å². The molecule has 1 fully saturated rings. The molecule has 0 heterocycles. The molecular formula is C17H25BrFN. The molecule has 0 saturated heterocycles. The quantitative estimate of drug-likeness (QED) is 0.800. The molecule has 3 atom stereocenters. The molecule has 112 valence electrons. The zero-order valence-electron chi connectivity index (χ0n) is 12.5. The first-order chi connectivity index (χ1) is 9.63. The van der Waals surface area contributed by atoms with Crippen molar-refractivity contribution in [1.29, 1.82) is 0 Å². The molecule has 1 nitrogen and oxygen atoms in total. The summed E-state index contributed by atoms with van der Waals surface area (Å²) in [7, 11) is 2.07. The summed E-state index contributed by atoms with van der Waals surface area (Å²) in [4.78, 5) is 0. The highest BCUT2D eigenvalue weighted by Crippen LogP contribution is 2.34. The molecule has 1 aromatic carbocycles. The molecule has 20 heavy (non-hydrogen) atoms. The van der Waals surface area contributed by atoms with Crippen molar-refractivity contribution in [2.24, 2.45) is 11.8 Å². The molecule has 1 saturated carbocycles. The molecule has 0 aliphatic heterocycles. The van der Waals surface area contributed by atoms with Gasteiger partial charge in [0.1, 0.15) is 5.82 Å². The van der Waals surface area contributed by atoms with Crippen molar-refractivity contribution in [3.63, 3.8) is 0 Å². The summed E-state index contributed by atoms with van der Waals surface area (Å²) in [5, 5.41) is 3.48.